The summed E-state index contributed by atoms with van der Waals surface area (Å²) in [7, 11) is 0. The summed E-state index contributed by atoms with van der Waals surface area (Å²) in [6.07, 6.45) is 5.36. The average molecular weight is 212 g/mol. The third-order valence-corrected chi connectivity index (χ3v) is 2.76. The van der Waals surface area contributed by atoms with Crippen LogP contribution in [0.1, 0.15) is 46.5 Å². The van der Waals surface area contributed by atoms with E-state index < -0.39 is 0 Å². The monoisotopic (exact) mass is 212 g/mol. The SMILES string of the molecule is CC(C)NC(=O)C(C)NCCCC1CC1. The maximum Gasteiger partial charge on any atom is 0.237 e. The maximum absolute atomic E-state index is 11.5. The first-order chi connectivity index (χ1) is 7.09. The highest BCUT2D eigenvalue weighted by Crippen LogP contribution is 2.33. The van der Waals surface area contributed by atoms with Gasteiger partial charge in [-0.25, -0.2) is 0 Å². The van der Waals surface area contributed by atoms with Gasteiger partial charge in [-0.05, 0) is 46.1 Å². The van der Waals surface area contributed by atoms with Crippen molar-refractivity contribution in [3.8, 4) is 0 Å². The van der Waals surface area contributed by atoms with Crippen LogP contribution in [-0.4, -0.2) is 24.5 Å². The lowest BCUT2D eigenvalue weighted by Gasteiger charge is -2.15. The van der Waals surface area contributed by atoms with E-state index in [0.29, 0.717) is 0 Å². The Morgan fingerprint density at radius 1 is 1.33 bits per heavy atom. The second kappa shape index (κ2) is 6.11. The van der Waals surface area contributed by atoms with Crippen molar-refractivity contribution in [2.75, 3.05) is 6.54 Å². The van der Waals surface area contributed by atoms with Gasteiger partial charge < -0.3 is 10.6 Å². The number of hydrogen-bond donors (Lipinski definition) is 2. The van der Waals surface area contributed by atoms with Gasteiger partial charge in [0.15, 0.2) is 0 Å². The van der Waals surface area contributed by atoms with Gasteiger partial charge in [-0.15, -0.1) is 0 Å². The van der Waals surface area contributed by atoms with Gasteiger partial charge in [0.1, 0.15) is 0 Å². The highest BCUT2D eigenvalue weighted by atomic mass is 16.2. The largest absolute Gasteiger partial charge is 0.353 e. The molecule has 1 fully saturated rings. The molecule has 1 saturated carbocycles. The first kappa shape index (κ1) is 12.5. The molecule has 15 heavy (non-hydrogen) atoms. The van der Waals surface area contributed by atoms with Crippen LogP contribution >= 0.6 is 0 Å². The number of carbonyl (C=O) groups excluding carboxylic acids is 1. The second-order valence-electron chi connectivity index (χ2n) is 4.92. The van der Waals surface area contributed by atoms with Crippen LogP contribution < -0.4 is 10.6 Å². The Labute approximate surface area is 93.0 Å². The summed E-state index contributed by atoms with van der Waals surface area (Å²) in [5, 5.41) is 6.16. The summed E-state index contributed by atoms with van der Waals surface area (Å²) in [5.41, 5.74) is 0. The van der Waals surface area contributed by atoms with Crippen molar-refractivity contribution in [1.29, 1.82) is 0 Å². The summed E-state index contributed by atoms with van der Waals surface area (Å²) in [6, 6.07) is 0.166. The minimum Gasteiger partial charge on any atom is -0.353 e. The van der Waals surface area contributed by atoms with Gasteiger partial charge in [-0.2, -0.15) is 0 Å². The number of carbonyl (C=O) groups is 1. The van der Waals surface area contributed by atoms with E-state index in [9.17, 15) is 4.79 Å². The van der Waals surface area contributed by atoms with Gasteiger partial charge in [-0.1, -0.05) is 12.8 Å². The van der Waals surface area contributed by atoms with E-state index >= 15 is 0 Å². The zero-order valence-corrected chi connectivity index (χ0v) is 10.2. The molecule has 3 nitrogen and oxygen atoms in total. The number of hydrogen-bond acceptors (Lipinski definition) is 2. The van der Waals surface area contributed by atoms with Crippen molar-refractivity contribution in [2.24, 2.45) is 5.92 Å². The van der Waals surface area contributed by atoms with Crippen LogP contribution in [0.15, 0.2) is 0 Å². The van der Waals surface area contributed by atoms with E-state index in [2.05, 4.69) is 10.6 Å². The third kappa shape index (κ3) is 5.78. The van der Waals surface area contributed by atoms with E-state index in [4.69, 9.17) is 0 Å². The minimum absolute atomic E-state index is 0.0633. The Kier molecular flexibility index (Phi) is 5.09. The quantitative estimate of drug-likeness (QED) is 0.630. The zero-order valence-electron chi connectivity index (χ0n) is 10.2. The molecule has 0 bridgehead atoms. The Hall–Kier alpha value is -0.570. The molecule has 1 unspecified atom stereocenters. The molecule has 0 aromatic rings. The molecule has 1 aliphatic carbocycles. The van der Waals surface area contributed by atoms with Gasteiger partial charge in [0.25, 0.3) is 0 Å². The van der Waals surface area contributed by atoms with Crippen LogP contribution in [0.2, 0.25) is 0 Å². The molecule has 1 amide bonds. The molecule has 0 radical (unpaired) electrons. The Morgan fingerprint density at radius 2 is 2.00 bits per heavy atom. The predicted molar refractivity (Wildman–Crippen MR) is 62.7 cm³/mol. The van der Waals surface area contributed by atoms with Crippen LogP contribution in [0, 0.1) is 5.92 Å². The number of amides is 1. The molecule has 88 valence electrons. The molecule has 0 aliphatic heterocycles. The first-order valence-electron chi connectivity index (χ1n) is 6.13. The molecule has 1 aliphatic rings. The van der Waals surface area contributed by atoms with Crippen molar-refractivity contribution < 1.29 is 4.79 Å². The van der Waals surface area contributed by atoms with E-state index in [-0.39, 0.29) is 18.0 Å². The Morgan fingerprint density at radius 3 is 2.53 bits per heavy atom. The van der Waals surface area contributed by atoms with Gasteiger partial charge >= 0.3 is 0 Å². The normalized spacial score (nSPS) is 17.9. The lowest BCUT2D eigenvalue weighted by Crippen LogP contribution is -2.44. The van der Waals surface area contributed by atoms with Crippen LogP contribution in [0.25, 0.3) is 0 Å². The predicted octanol–water partition coefficient (Wildman–Crippen LogP) is 1.68. The summed E-state index contributed by atoms with van der Waals surface area (Å²) in [6.45, 7) is 6.85. The molecule has 0 saturated heterocycles. The lowest BCUT2D eigenvalue weighted by molar-refractivity contribution is -0.123. The highest BCUT2D eigenvalue weighted by molar-refractivity contribution is 5.81. The standard InChI is InChI=1S/C12H24N2O/c1-9(2)14-12(15)10(3)13-8-4-5-11-6-7-11/h9-11,13H,4-8H2,1-3H3,(H,14,15). The average Bonchev–Trinajstić information content (AvgIpc) is 2.94. The zero-order chi connectivity index (χ0) is 11.3. The summed E-state index contributed by atoms with van der Waals surface area (Å²) in [4.78, 5) is 11.5. The van der Waals surface area contributed by atoms with Crippen LogP contribution in [0.5, 0.6) is 0 Å². The van der Waals surface area contributed by atoms with Gasteiger partial charge in [0, 0.05) is 6.04 Å². The smallest absolute Gasteiger partial charge is 0.237 e. The molecule has 0 spiro atoms. The van der Waals surface area contributed by atoms with Gasteiger partial charge in [-0.3, -0.25) is 4.79 Å². The Bertz CT molecular complexity index is 200. The fourth-order valence-electron chi connectivity index (χ4n) is 1.62. The van der Waals surface area contributed by atoms with Crippen molar-refractivity contribution in [2.45, 2.75) is 58.5 Å². The van der Waals surface area contributed by atoms with Crippen LogP contribution in [0.4, 0.5) is 0 Å². The summed E-state index contributed by atoms with van der Waals surface area (Å²) < 4.78 is 0. The third-order valence-electron chi connectivity index (χ3n) is 2.76. The van der Waals surface area contributed by atoms with E-state index in [1.165, 1.54) is 25.7 Å². The lowest BCUT2D eigenvalue weighted by atomic mass is 10.2. The van der Waals surface area contributed by atoms with Crippen LogP contribution in [-0.2, 0) is 4.79 Å². The van der Waals surface area contributed by atoms with E-state index in [1.807, 2.05) is 20.8 Å². The first-order valence-corrected chi connectivity index (χ1v) is 6.13. The Balaban J connectivity index is 2.00. The van der Waals surface area contributed by atoms with Gasteiger partial charge in [0.2, 0.25) is 5.91 Å². The van der Waals surface area contributed by atoms with Gasteiger partial charge in [0.05, 0.1) is 6.04 Å². The molecule has 1 atom stereocenters. The highest BCUT2D eigenvalue weighted by Gasteiger charge is 2.20. The van der Waals surface area contributed by atoms with E-state index in [1.54, 1.807) is 0 Å². The fraction of sp³-hybridized carbons (Fsp3) is 0.917. The molecule has 0 aromatic heterocycles. The molecular formula is C12H24N2O. The molecule has 1 rings (SSSR count). The summed E-state index contributed by atoms with van der Waals surface area (Å²) in [5.74, 6) is 1.10. The molecule has 3 heteroatoms. The number of rotatable bonds is 7. The molecule has 0 heterocycles. The topological polar surface area (TPSA) is 41.1 Å². The minimum atomic E-state index is -0.0633. The second-order valence-corrected chi connectivity index (χ2v) is 4.92. The van der Waals surface area contributed by atoms with Crippen molar-refractivity contribution in [3.05, 3.63) is 0 Å². The van der Waals surface area contributed by atoms with Crippen molar-refractivity contribution >= 4 is 5.91 Å². The van der Waals surface area contributed by atoms with E-state index in [0.717, 1.165) is 12.5 Å². The van der Waals surface area contributed by atoms with Crippen LogP contribution in [0.3, 0.4) is 0 Å². The number of nitrogens with one attached hydrogen (secondary N) is 2. The van der Waals surface area contributed by atoms with Crippen molar-refractivity contribution in [3.63, 3.8) is 0 Å². The van der Waals surface area contributed by atoms with Crippen molar-refractivity contribution in [1.82, 2.24) is 10.6 Å². The molecular weight excluding hydrogens is 188 g/mol. The molecule has 0 aromatic carbocycles. The molecule has 2 N–H and O–H groups in total. The fourth-order valence-corrected chi connectivity index (χ4v) is 1.62. The summed E-state index contributed by atoms with van der Waals surface area (Å²) >= 11 is 0. The maximum atomic E-state index is 11.5.